The fourth-order valence-electron chi connectivity index (χ4n) is 7.40. The maximum Gasteiger partial charge on any atom is 0.286 e. The Kier molecular flexibility index (Phi) is 10.2. The number of nitrogens with zero attached hydrogens (tertiary/aromatic N) is 2. The van der Waals surface area contributed by atoms with Crippen molar-refractivity contribution in [2.24, 2.45) is 21.3 Å². The number of allylic oxidation sites excluding steroid dienone is 1. The predicted molar refractivity (Wildman–Crippen MR) is 180 cm³/mol. The molecular weight excluding hydrogens is 594 g/mol. The molecule has 2 aromatic carbocycles. The van der Waals surface area contributed by atoms with Gasteiger partial charge in [-0.05, 0) is 105 Å². The Morgan fingerprint density at radius 1 is 1.30 bits per heavy atom. The molecule has 2 aromatic rings. The van der Waals surface area contributed by atoms with Crippen LogP contribution in [0.15, 0.2) is 66.1 Å². The Morgan fingerprint density at radius 3 is 2.80 bits per heavy atom. The number of anilines is 1. The topological polar surface area (TPSA) is 94.2 Å². The molecule has 6 atom stereocenters. The van der Waals surface area contributed by atoms with Crippen molar-refractivity contribution >= 4 is 33.1 Å². The fourth-order valence-corrected chi connectivity index (χ4v) is 9.06. The number of fused-ring (bicyclic) bond motifs is 3. The highest BCUT2D eigenvalue weighted by Crippen LogP contribution is 2.47. The predicted octanol–water partition coefficient (Wildman–Crippen LogP) is 7.27. The van der Waals surface area contributed by atoms with Gasteiger partial charge in [0.1, 0.15) is 15.7 Å². The number of carbonyl (C=O) groups is 1. The first kappa shape index (κ1) is 32.7. The molecule has 1 amide bonds. The number of rotatable bonds is 11. The second-order valence-corrected chi connectivity index (χ2v) is 15.1. The Morgan fingerprint density at radius 2 is 2.11 bits per heavy atom. The number of halogens is 1. The minimum atomic E-state index is -3.23. The van der Waals surface area contributed by atoms with Crippen molar-refractivity contribution in [1.29, 1.82) is 0 Å². The molecule has 238 valence electrons. The molecule has 2 aliphatic carbocycles. The minimum Gasteiger partial charge on any atom is -0.490 e. The lowest BCUT2D eigenvalue weighted by molar-refractivity contribution is 0.0135. The molecule has 7 nitrogen and oxygen atoms in total. The summed E-state index contributed by atoms with van der Waals surface area (Å²) in [5.41, 5.74) is 3.54. The van der Waals surface area contributed by atoms with E-state index in [1.54, 1.807) is 19.3 Å². The van der Waals surface area contributed by atoms with E-state index in [1.165, 1.54) is 11.1 Å². The van der Waals surface area contributed by atoms with Crippen molar-refractivity contribution in [3.8, 4) is 5.75 Å². The summed E-state index contributed by atoms with van der Waals surface area (Å²) in [6.07, 6.45) is 10.7. The molecule has 5 rings (SSSR count). The zero-order valence-corrected chi connectivity index (χ0v) is 27.6. The zero-order valence-electron chi connectivity index (χ0n) is 26.0. The smallest absolute Gasteiger partial charge is 0.286 e. The molecular formula is C35H46ClN3O4S. The highest BCUT2D eigenvalue weighted by atomic mass is 35.5. The zero-order chi connectivity index (χ0) is 31.5. The van der Waals surface area contributed by atoms with Crippen molar-refractivity contribution in [1.82, 2.24) is 0 Å². The van der Waals surface area contributed by atoms with Crippen LogP contribution in [0, 0.1) is 11.8 Å². The first-order chi connectivity index (χ1) is 21.1. The standard InChI is InChI=1S/C35H46ClN3O4S/c1-5-8-11-28(6-2)44(37,41)38-34(40)25-13-17-33-31(20-25)39(21-26-12-15-29(26)32(7-3)42-4)22-35(23-43-33)18-9-10-24-19-27(36)14-16-30(24)35/h5,7,13-14,16-17,19-20,26,28-29,32H,1,3,6,8-12,15,18,21-23H2,2,4H3,(H2,37,38,40,41). The van der Waals surface area contributed by atoms with Crippen LogP contribution in [0.25, 0.3) is 0 Å². The number of ether oxygens (including phenoxy) is 2. The largest absolute Gasteiger partial charge is 0.490 e. The Balaban J connectivity index is 1.52. The molecule has 1 aliphatic heterocycles. The number of amides is 1. The summed E-state index contributed by atoms with van der Waals surface area (Å²) in [6.45, 7) is 11.7. The average molecular weight is 640 g/mol. The molecule has 44 heavy (non-hydrogen) atoms. The summed E-state index contributed by atoms with van der Waals surface area (Å²) >= 11 is 6.42. The molecule has 0 aromatic heterocycles. The van der Waals surface area contributed by atoms with E-state index in [2.05, 4.69) is 34.6 Å². The second kappa shape index (κ2) is 13.8. The van der Waals surface area contributed by atoms with Gasteiger partial charge in [-0.2, -0.15) is 0 Å². The van der Waals surface area contributed by atoms with Crippen LogP contribution in [0.2, 0.25) is 5.02 Å². The monoisotopic (exact) mass is 639 g/mol. The van der Waals surface area contributed by atoms with Crippen LogP contribution in [0.1, 0.15) is 73.4 Å². The van der Waals surface area contributed by atoms with E-state index in [0.29, 0.717) is 43.3 Å². The molecule has 1 fully saturated rings. The van der Waals surface area contributed by atoms with Gasteiger partial charge in [0.25, 0.3) is 5.91 Å². The number of benzene rings is 2. The summed E-state index contributed by atoms with van der Waals surface area (Å²) in [7, 11) is -1.49. The van der Waals surface area contributed by atoms with E-state index < -0.39 is 15.8 Å². The van der Waals surface area contributed by atoms with Gasteiger partial charge in [0, 0.05) is 36.2 Å². The summed E-state index contributed by atoms with van der Waals surface area (Å²) in [5.74, 6) is 0.938. The third-order valence-electron chi connectivity index (χ3n) is 9.99. The molecule has 1 spiro atoms. The highest BCUT2D eigenvalue weighted by Gasteiger charge is 2.44. The lowest BCUT2D eigenvalue weighted by Crippen LogP contribution is -2.49. The lowest BCUT2D eigenvalue weighted by Gasteiger charge is -2.46. The molecule has 9 heteroatoms. The van der Waals surface area contributed by atoms with Gasteiger partial charge in [-0.25, -0.2) is 9.35 Å². The Bertz CT molecular complexity index is 1520. The third-order valence-corrected chi connectivity index (χ3v) is 12.2. The van der Waals surface area contributed by atoms with Gasteiger partial charge in [-0.15, -0.1) is 17.5 Å². The molecule has 2 N–H and O–H groups in total. The van der Waals surface area contributed by atoms with Gasteiger partial charge in [0.2, 0.25) is 0 Å². The molecule has 1 saturated carbocycles. The molecule has 0 radical (unpaired) electrons. The maximum absolute atomic E-state index is 13.5. The fraction of sp³-hybridized carbons (Fsp3) is 0.514. The Labute approximate surface area is 268 Å². The summed E-state index contributed by atoms with van der Waals surface area (Å²) < 4.78 is 29.9. The van der Waals surface area contributed by atoms with E-state index in [-0.39, 0.29) is 16.8 Å². The summed E-state index contributed by atoms with van der Waals surface area (Å²) in [5, 5.41) is 6.55. The van der Waals surface area contributed by atoms with E-state index in [4.69, 9.17) is 26.2 Å². The Hall–Kier alpha value is -2.65. The quantitative estimate of drug-likeness (QED) is 0.261. The summed E-state index contributed by atoms with van der Waals surface area (Å²) in [4.78, 5) is 15.9. The van der Waals surface area contributed by atoms with Gasteiger partial charge in [0.15, 0.2) is 0 Å². The van der Waals surface area contributed by atoms with E-state index in [9.17, 15) is 9.00 Å². The molecule has 1 heterocycles. The van der Waals surface area contributed by atoms with Gasteiger partial charge < -0.3 is 14.4 Å². The van der Waals surface area contributed by atoms with Crippen LogP contribution in [0.4, 0.5) is 5.69 Å². The van der Waals surface area contributed by atoms with Crippen LogP contribution in [0.5, 0.6) is 5.75 Å². The number of hydrogen-bond donors (Lipinski definition) is 1. The first-order valence-corrected chi connectivity index (χ1v) is 17.8. The molecule has 0 saturated heterocycles. The second-order valence-electron chi connectivity index (χ2n) is 12.6. The van der Waals surface area contributed by atoms with E-state index in [1.807, 2.05) is 31.2 Å². The van der Waals surface area contributed by atoms with Crippen LogP contribution in [-0.4, -0.2) is 48.3 Å². The molecule has 3 aliphatic rings. The number of methoxy groups -OCH3 is 1. The first-order valence-electron chi connectivity index (χ1n) is 15.8. The lowest BCUT2D eigenvalue weighted by atomic mass is 9.68. The van der Waals surface area contributed by atoms with E-state index >= 15 is 0 Å². The van der Waals surface area contributed by atoms with Crippen molar-refractivity contribution in [2.75, 3.05) is 31.7 Å². The van der Waals surface area contributed by atoms with Crippen LogP contribution >= 0.6 is 11.6 Å². The van der Waals surface area contributed by atoms with Crippen LogP contribution < -0.4 is 14.8 Å². The van der Waals surface area contributed by atoms with Crippen molar-refractivity contribution in [3.05, 3.63) is 83.4 Å². The third kappa shape index (κ3) is 6.64. The number of carbonyl (C=O) groups excluding carboxylic acids is 1. The van der Waals surface area contributed by atoms with Crippen molar-refractivity contribution in [3.63, 3.8) is 0 Å². The van der Waals surface area contributed by atoms with Gasteiger partial charge in [-0.1, -0.05) is 36.7 Å². The minimum absolute atomic E-state index is 0.0000215. The molecule has 6 unspecified atom stereocenters. The normalized spacial score (nSPS) is 25.2. The van der Waals surface area contributed by atoms with Gasteiger partial charge >= 0.3 is 0 Å². The van der Waals surface area contributed by atoms with Gasteiger partial charge in [0.05, 0.1) is 23.6 Å². The van der Waals surface area contributed by atoms with Crippen molar-refractivity contribution < 1.29 is 18.5 Å². The highest BCUT2D eigenvalue weighted by molar-refractivity contribution is 7.92. The summed E-state index contributed by atoms with van der Waals surface area (Å²) in [6, 6.07) is 11.6. The number of nitrogens with two attached hydrogens (primary N) is 1. The maximum atomic E-state index is 13.5. The van der Waals surface area contributed by atoms with Crippen LogP contribution in [0.3, 0.4) is 0 Å². The van der Waals surface area contributed by atoms with Crippen LogP contribution in [-0.2, 0) is 26.5 Å². The van der Waals surface area contributed by atoms with E-state index in [0.717, 1.165) is 61.7 Å². The number of hydrogen-bond acceptors (Lipinski definition) is 5. The number of aryl methyl sites for hydroxylation is 1. The molecule has 0 bridgehead atoms. The average Bonchev–Trinajstić information content (AvgIpc) is 3.14. The van der Waals surface area contributed by atoms with Gasteiger partial charge in [-0.3, -0.25) is 4.79 Å². The SMILES string of the molecule is C=CCCC(CC)S(N)(=O)=NC(=O)c1ccc2c(c1)N(CC1CCC1C(C=C)OC)CC1(CCCc3cc(Cl)ccc31)CO2. The van der Waals surface area contributed by atoms with Crippen molar-refractivity contribution in [2.45, 2.75) is 75.1 Å².